The quantitative estimate of drug-likeness (QED) is 0.124. The molecule has 0 unspecified atom stereocenters. The standard InChI is InChI=1S/C28H21.C13H9.Zr/c1-5-13-23(14-6-1)21-27(25-17-9-3-10-18-25)28(26-19-11-4-12-20-26)22-24-15-7-2-8-16-24;1-3-7-12-10(5-1)9-11-6-2-4-8-13(11)12;/h1-21H;1-5,7-8H,9H2;/b27-21-,28-22?;;. The first-order valence-corrected chi connectivity index (χ1v) is 17.0. The van der Waals surface area contributed by atoms with Gasteiger partial charge in [0, 0.05) is 0 Å². The van der Waals surface area contributed by atoms with Crippen molar-refractivity contribution < 1.29 is 23.2 Å². The topological polar surface area (TPSA) is 0 Å². The van der Waals surface area contributed by atoms with Crippen LogP contribution in [-0.4, -0.2) is 0 Å². The summed E-state index contributed by atoms with van der Waals surface area (Å²) in [4.78, 5) is 0. The third kappa shape index (κ3) is 5.46. The molecule has 42 heavy (non-hydrogen) atoms. The molecule has 1 heteroatoms. The normalized spacial score (nSPS) is 12.7. The fourth-order valence-corrected chi connectivity index (χ4v) is 9.75. The first-order valence-electron chi connectivity index (χ1n) is 14.5. The second-order valence-corrected chi connectivity index (χ2v) is 13.8. The maximum atomic E-state index is 2.41. The van der Waals surface area contributed by atoms with Crippen LogP contribution in [0, 0.1) is 0 Å². The van der Waals surface area contributed by atoms with Gasteiger partial charge >= 0.3 is 262 Å². The minimum absolute atomic E-state index is 1.02. The molecule has 198 valence electrons. The predicted molar refractivity (Wildman–Crippen MR) is 175 cm³/mol. The van der Waals surface area contributed by atoms with E-state index in [-0.39, 0.29) is 0 Å². The molecule has 0 heterocycles. The molecule has 0 saturated carbocycles. The van der Waals surface area contributed by atoms with Crippen LogP contribution in [0.4, 0.5) is 0 Å². The van der Waals surface area contributed by atoms with E-state index < -0.39 is 23.2 Å². The molecule has 0 fully saturated rings. The molecule has 0 radical (unpaired) electrons. The molecule has 0 atom stereocenters. The SMILES string of the molecule is C(=C(/C(=[C](/[Zr][c]1cccc2c1Cc1ccccc1-2)c1ccccc1)c1ccccc1)c1ccccc1)/c1ccccc1. The summed E-state index contributed by atoms with van der Waals surface area (Å²) in [6.45, 7) is 0. The monoisotopic (exact) mass is 612 g/mol. The molecule has 1 aliphatic carbocycles. The van der Waals surface area contributed by atoms with Crippen molar-refractivity contribution in [2.45, 2.75) is 6.42 Å². The second-order valence-electron chi connectivity index (χ2n) is 10.6. The van der Waals surface area contributed by atoms with Crippen LogP contribution in [0.3, 0.4) is 0 Å². The summed E-state index contributed by atoms with van der Waals surface area (Å²) in [7, 11) is 0. The van der Waals surface area contributed by atoms with Crippen molar-refractivity contribution >= 4 is 23.8 Å². The van der Waals surface area contributed by atoms with Gasteiger partial charge in [-0.1, -0.05) is 0 Å². The van der Waals surface area contributed by atoms with Crippen LogP contribution in [0.1, 0.15) is 33.4 Å². The molecule has 0 bridgehead atoms. The zero-order chi connectivity index (χ0) is 28.1. The summed E-state index contributed by atoms with van der Waals surface area (Å²) < 4.78 is 3.06. The van der Waals surface area contributed by atoms with Crippen molar-refractivity contribution in [1.29, 1.82) is 0 Å². The van der Waals surface area contributed by atoms with E-state index in [1.807, 2.05) is 0 Å². The number of hydrogen-bond donors (Lipinski definition) is 0. The Labute approximate surface area is 260 Å². The summed E-state index contributed by atoms with van der Waals surface area (Å²) in [5.41, 5.74) is 13.4. The van der Waals surface area contributed by atoms with Gasteiger partial charge in [-0.3, -0.25) is 0 Å². The van der Waals surface area contributed by atoms with Gasteiger partial charge < -0.3 is 0 Å². The van der Waals surface area contributed by atoms with Crippen LogP contribution in [0.2, 0.25) is 0 Å². The third-order valence-corrected chi connectivity index (χ3v) is 11.7. The first kappa shape index (κ1) is 26.6. The van der Waals surface area contributed by atoms with Crippen molar-refractivity contribution in [2.75, 3.05) is 0 Å². The Hall–Kier alpha value is -4.32. The average Bonchev–Trinajstić information content (AvgIpc) is 3.45. The van der Waals surface area contributed by atoms with Crippen molar-refractivity contribution in [3.05, 3.63) is 197 Å². The molecule has 0 nitrogen and oxygen atoms in total. The maximum absolute atomic E-state index is 2.41. The Morgan fingerprint density at radius 2 is 1.02 bits per heavy atom. The molecular weight excluding hydrogens is 584 g/mol. The fraction of sp³-hybridized carbons (Fsp3) is 0.0244. The van der Waals surface area contributed by atoms with E-state index in [4.69, 9.17) is 0 Å². The van der Waals surface area contributed by atoms with E-state index in [0.717, 1.165) is 6.42 Å². The number of hydrogen-bond acceptors (Lipinski definition) is 0. The Morgan fingerprint density at radius 1 is 0.476 bits per heavy atom. The number of benzene rings is 6. The van der Waals surface area contributed by atoms with Crippen LogP contribution in [0.5, 0.6) is 0 Å². The van der Waals surface area contributed by atoms with E-state index in [1.54, 1.807) is 3.27 Å². The molecular formula is C41H30Zr. The molecule has 0 aliphatic heterocycles. The van der Waals surface area contributed by atoms with Gasteiger partial charge in [-0.25, -0.2) is 0 Å². The van der Waals surface area contributed by atoms with Gasteiger partial charge in [0.1, 0.15) is 0 Å². The average molecular weight is 614 g/mol. The van der Waals surface area contributed by atoms with Gasteiger partial charge in [0.15, 0.2) is 0 Å². The van der Waals surface area contributed by atoms with Crippen molar-refractivity contribution in [3.63, 3.8) is 0 Å². The molecule has 6 aromatic rings. The predicted octanol–water partition coefficient (Wildman–Crippen LogP) is 9.77. The molecule has 0 N–H and O–H groups in total. The summed E-state index contributed by atoms with van der Waals surface area (Å²) in [5, 5.41) is 0. The van der Waals surface area contributed by atoms with Gasteiger partial charge in [-0.15, -0.1) is 0 Å². The van der Waals surface area contributed by atoms with Crippen molar-refractivity contribution in [2.24, 2.45) is 0 Å². The van der Waals surface area contributed by atoms with Crippen molar-refractivity contribution in [1.82, 2.24) is 0 Å². The van der Waals surface area contributed by atoms with Gasteiger partial charge in [0.2, 0.25) is 0 Å². The van der Waals surface area contributed by atoms with E-state index >= 15 is 0 Å². The molecule has 0 aromatic heterocycles. The summed E-state index contributed by atoms with van der Waals surface area (Å²) >= 11 is -1.32. The molecule has 0 spiro atoms. The fourth-order valence-electron chi connectivity index (χ4n) is 5.97. The second kappa shape index (κ2) is 12.3. The zero-order valence-corrected chi connectivity index (χ0v) is 25.8. The Morgan fingerprint density at radius 3 is 1.71 bits per heavy atom. The van der Waals surface area contributed by atoms with Crippen LogP contribution in [0.15, 0.2) is 164 Å². The van der Waals surface area contributed by atoms with Crippen LogP contribution >= 0.6 is 0 Å². The molecule has 1 aliphatic rings. The molecule has 0 saturated heterocycles. The van der Waals surface area contributed by atoms with Gasteiger partial charge in [0.05, 0.1) is 0 Å². The van der Waals surface area contributed by atoms with Gasteiger partial charge in [-0.2, -0.15) is 0 Å². The van der Waals surface area contributed by atoms with Gasteiger partial charge in [-0.05, 0) is 0 Å². The zero-order valence-electron chi connectivity index (χ0n) is 23.4. The summed E-state index contributed by atoms with van der Waals surface area (Å²) in [6.07, 6.45) is 3.40. The van der Waals surface area contributed by atoms with Crippen LogP contribution < -0.4 is 3.27 Å². The van der Waals surface area contributed by atoms with E-state index in [1.165, 1.54) is 58.9 Å². The summed E-state index contributed by atoms with van der Waals surface area (Å²) in [5.74, 6) is 0. The first-order chi connectivity index (χ1) is 20.8. The minimum atomic E-state index is -1.32. The molecule has 6 aromatic carbocycles. The molecule has 7 rings (SSSR count). The Balaban J connectivity index is 1.50. The number of fused-ring (bicyclic) bond motifs is 3. The number of allylic oxidation sites excluding steroid dienone is 2. The van der Waals surface area contributed by atoms with Gasteiger partial charge in [0.25, 0.3) is 0 Å². The van der Waals surface area contributed by atoms with Crippen LogP contribution in [-0.2, 0) is 29.7 Å². The summed E-state index contributed by atoms with van der Waals surface area (Å²) in [6, 6.07) is 59.7. The van der Waals surface area contributed by atoms with E-state index in [2.05, 4.69) is 170 Å². The Kier molecular flexibility index (Phi) is 7.77. The van der Waals surface area contributed by atoms with E-state index in [9.17, 15) is 0 Å². The van der Waals surface area contributed by atoms with Crippen LogP contribution in [0.25, 0.3) is 31.6 Å². The van der Waals surface area contributed by atoms with Crippen molar-refractivity contribution in [3.8, 4) is 11.1 Å². The third-order valence-electron chi connectivity index (χ3n) is 7.95. The Bertz CT molecular complexity index is 1880. The molecule has 0 amide bonds. The van der Waals surface area contributed by atoms with E-state index in [0.29, 0.717) is 0 Å². The number of rotatable bonds is 7.